The van der Waals surface area contributed by atoms with E-state index in [1.54, 1.807) is 18.7 Å². The summed E-state index contributed by atoms with van der Waals surface area (Å²) in [7, 11) is 2.01. The zero-order valence-electron chi connectivity index (χ0n) is 14.5. The molecule has 25 heavy (non-hydrogen) atoms. The van der Waals surface area contributed by atoms with Gasteiger partial charge in [0.15, 0.2) is 5.82 Å². The average molecular weight is 335 g/mol. The van der Waals surface area contributed by atoms with Crippen LogP contribution in [0.1, 0.15) is 30.3 Å². The number of hydrogen-bond acceptors (Lipinski definition) is 6. The Labute approximate surface area is 146 Å². The number of aromatic nitrogens is 6. The van der Waals surface area contributed by atoms with Gasteiger partial charge >= 0.3 is 0 Å². The lowest BCUT2D eigenvalue weighted by molar-refractivity contribution is 0.472. The van der Waals surface area contributed by atoms with Gasteiger partial charge in [-0.05, 0) is 31.9 Å². The Morgan fingerprint density at radius 1 is 1.16 bits per heavy atom. The first-order valence-corrected chi connectivity index (χ1v) is 8.55. The van der Waals surface area contributed by atoms with E-state index in [1.165, 1.54) is 0 Å². The molecule has 3 aromatic rings. The van der Waals surface area contributed by atoms with E-state index in [9.17, 15) is 0 Å². The van der Waals surface area contributed by atoms with Crippen molar-refractivity contribution < 1.29 is 0 Å². The molecule has 3 aromatic heterocycles. The summed E-state index contributed by atoms with van der Waals surface area (Å²) in [6, 6.07) is 5.96. The van der Waals surface area contributed by atoms with Crippen molar-refractivity contribution in [3.05, 3.63) is 48.4 Å². The van der Waals surface area contributed by atoms with Crippen molar-refractivity contribution in [1.29, 1.82) is 0 Å². The minimum Gasteiger partial charge on any atom is -0.356 e. The second kappa shape index (κ2) is 6.58. The van der Waals surface area contributed by atoms with E-state index >= 15 is 0 Å². The third-order valence-corrected chi connectivity index (χ3v) is 4.69. The predicted octanol–water partition coefficient (Wildman–Crippen LogP) is 2.36. The highest BCUT2D eigenvalue weighted by molar-refractivity contribution is 5.56. The third kappa shape index (κ3) is 3.22. The van der Waals surface area contributed by atoms with Crippen molar-refractivity contribution in [1.82, 2.24) is 29.7 Å². The van der Waals surface area contributed by atoms with Crippen molar-refractivity contribution >= 4 is 5.82 Å². The molecule has 128 valence electrons. The first kappa shape index (κ1) is 15.7. The fourth-order valence-corrected chi connectivity index (χ4v) is 3.37. The van der Waals surface area contributed by atoms with Gasteiger partial charge in [0.1, 0.15) is 18.0 Å². The molecule has 1 saturated heterocycles. The highest BCUT2D eigenvalue weighted by atomic mass is 15.3. The SMILES string of the molecule is Cc1cc(N2CCC(c3nncn3C)CC2)nc(-c2cccnc2)n1. The Hall–Kier alpha value is -2.83. The number of aryl methyl sites for hydroxylation is 2. The molecule has 0 bridgehead atoms. The van der Waals surface area contributed by atoms with Crippen LogP contribution >= 0.6 is 0 Å². The molecular weight excluding hydrogens is 314 g/mol. The molecule has 4 heterocycles. The van der Waals surface area contributed by atoms with Gasteiger partial charge in [0, 0.05) is 55.8 Å². The normalized spacial score (nSPS) is 15.5. The quantitative estimate of drug-likeness (QED) is 0.731. The van der Waals surface area contributed by atoms with E-state index in [0.29, 0.717) is 5.92 Å². The van der Waals surface area contributed by atoms with Crippen molar-refractivity contribution in [3.8, 4) is 11.4 Å². The lowest BCUT2D eigenvalue weighted by atomic mass is 9.96. The summed E-state index contributed by atoms with van der Waals surface area (Å²) in [6.45, 7) is 3.93. The van der Waals surface area contributed by atoms with Crippen molar-refractivity contribution in [2.75, 3.05) is 18.0 Å². The molecule has 1 aliphatic heterocycles. The number of hydrogen-bond donors (Lipinski definition) is 0. The van der Waals surface area contributed by atoms with Gasteiger partial charge in [-0.1, -0.05) is 0 Å². The van der Waals surface area contributed by atoms with Crippen molar-refractivity contribution in [2.24, 2.45) is 7.05 Å². The van der Waals surface area contributed by atoms with Gasteiger partial charge in [-0.3, -0.25) is 4.98 Å². The van der Waals surface area contributed by atoms with Crippen LogP contribution in [0.15, 0.2) is 36.9 Å². The molecule has 0 aliphatic carbocycles. The fraction of sp³-hybridized carbons (Fsp3) is 0.389. The molecule has 0 amide bonds. The Bertz CT molecular complexity index is 851. The Balaban J connectivity index is 1.53. The van der Waals surface area contributed by atoms with Gasteiger partial charge < -0.3 is 9.47 Å². The van der Waals surface area contributed by atoms with E-state index in [2.05, 4.69) is 31.1 Å². The predicted molar refractivity (Wildman–Crippen MR) is 95.2 cm³/mol. The lowest BCUT2D eigenvalue weighted by Gasteiger charge is -2.32. The molecule has 7 heteroatoms. The maximum Gasteiger partial charge on any atom is 0.163 e. The molecule has 1 fully saturated rings. The summed E-state index contributed by atoms with van der Waals surface area (Å²) < 4.78 is 2.02. The molecule has 0 spiro atoms. The summed E-state index contributed by atoms with van der Waals surface area (Å²) in [5.41, 5.74) is 1.92. The molecule has 0 unspecified atom stereocenters. The van der Waals surface area contributed by atoms with E-state index in [1.807, 2.05) is 30.7 Å². The van der Waals surface area contributed by atoms with Crippen LogP contribution in [0, 0.1) is 6.92 Å². The van der Waals surface area contributed by atoms with E-state index < -0.39 is 0 Å². The molecule has 0 saturated carbocycles. The summed E-state index contributed by atoms with van der Waals surface area (Å²) in [5, 5.41) is 8.27. The number of nitrogens with zero attached hydrogens (tertiary/aromatic N) is 7. The first-order valence-electron chi connectivity index (χ1n) is 8.55. The van der Waals surface area contributed by atoms with Gasteiger partial charge in [-0.2, -0.15) is 0 Å². The summed E-state index contributed by atoms with van der Waals surface area (Å²) in [5.74, 6) is 3.26. The molecular formula is C18H21N7. The van der Waals surface area contributed by atoms with Crippen LogP contribution < -0.4 is 4.90 Å². The van der Waals surface area contributed by atoms with Crippen LogP contribution in [0.3, 0.4) is 0 Å². The molecule has 1 aliphatic rings. The minimum atomic E-state index is 0.462. The monoisotopic (exact) mass is 335 g/mol. The number of anilines is 1. The van der Waals surface area contributed by atoms with Crippen LogP contribution in [-0.2, 0) is 7.05 Å². The van der Waals surface area contributed by atoms with E-state index in [0.717, 1.165) is 54.7 Å². The number of pyridine rings is 1. The number of rotatable bonds is 3. The Morgan fingerprint density at radius 2 is 2.00 bits per heavy atom. The molecule has 0 radical (unpaired) electrons. The molecule has 7 nitrogen and oxygen atoms in total. The van der Waals surface area contributed by atoms with Gasteiger partial charge in [-0.15, -0.1) is 10.2 Å². The average Bonchev–Trinajstić information content (AvgIpc) is 3.08. The standard InChI is InChI=1S/C18H21N7/c1-13-10-16(22-17(21-13)15-4-3-7-19-11-15)25-8-5-14(6-9-25)18-23-20-12-24(18)2/h3-4,7,10-12,14H,5-6,8-9H2,1-2H3. The second-order valence-electron chi connectivity index (χ2n) is 6.49. The van der Waals surface area contributed by atoms with Crippen LogP contribution in [0.2, 0.25) is 0 Å². The molecule has 0 atom stereocenters. The summed E-state index contributed by atoms with van der Waals surface area (Å²) in [6.07, 6.45) is 7.45. The van der Waals surface area contributed by atoms with Gasteiger partial charge in [0.25, 0.3) is 0 Å². The highest BCUT2D eigenvalue weighted by Crippen LogP contribution is 2.29. The zero-order valence-corrected chi connectivity index (χ0v) is 14.5. The van der Waals surface area contributed by atoms with Crippen LogP contribution in [0.25, 0.3) is 11.4 Å². The van der Waals surface area contributed by atoms with E-state index in [-0.39, 0.29) is 0 Å². The summed E-state index contributed by atoms with van der Waals surface area (Å²) >= 11 is 0. The smallest absolute Gasteiger partial charge is 0.163 e. The Morgan fingerprint density at radius 3 is 2.68 bits per heavy atom. The van der Waals surface area contributed by atoms with Crippen LogP contribution in [0.5, 0.6) is 0 Å². The largest absolute Gasteiger partial charge is 0.356 e. The molecule has 4 rings (SSSR count). The minimum absolute atomic E-state index is 0.462. The van der Waals surface area contributed by atoms with Crippen molar-refractivity contribution in [2.45, 2.75) is 25.7 Å². The zero-order chi connectivity index (χ0) is 17.2. The number of piperidine rings is 1. The van der Waals surface area contributed by atoms with Gasteiger partial charge in [0.2, 0.25) is 0 Å². The first-order chi connectivity index (χ1) is 12.2. The van der Waals surface area contributed by atoms with Gasteiger partial charge in [-0.25, -0.2) is 9.97 Å². The lowest BCUT2D eigenvalue weighted by Crippen LogP contribution is -2.34. The van der Waals surface area contributed by atoms with Crippen LogP contribution in [-0.4, -0.2) is 42.8 Å². The topological polar surface area (TPSA) is 72.6 Å². The third-order valence-electron chi connectivity index (χ3n) is 4.69. The van der Waals surface area contributed by atoms with Crippen molar-refractivity contribution in [3.63, 3.8) is 0 Å². The summed E-state index contributed by atoms with van der Waals surface area (Å²) in [4.78, 5) is 15.8. The fourth-order valence-electron chi connectivity index (χ4n) is 3.37. The second-order valence-corrected chi connectivity index (χ2v) is 6.49. The molecule has 0 N–H and O–H groups in total. The highest BCUT2D eigenvalue weighted by Gasteiger charge is 2.25. The Kier molecular flexibility index (Phi) is 4.13. The van der Waals surface area contributed by atoms with Gasteiger partial charge in [0.05, 0.1) is 0 Å². The molecule has 0 aromatic carbocycles. The van der Waals surface area contributed by atoms with E-state index in [4.69, 9.17) is 4.98 Å². The maximum absolute atomic E-state index is 4.77. The van der Waals surface area contributed by atoms with Crippen LogP contribution in [0.4, 0.5) is 5.82 Å². The maximum atomic E-state index is 4.77.